The Kier molecular flexibility index (Phi) is 6.09. The summed E-state index contributed by atoms with van der Waals surface area (Å²) >= 11 is 1.35. The van der Waals surface area contributed by atoms with E-state index in [1.165, 1.54) is 11.8 Å². The Morgan fingerprint density at radius 1 is 1.38 bits per heavy atom. The van der Waals surface area contributed by atoms with E-state index in [4.69, 9.17) is 10.00 Å². The maximum atomic E-state index is 12.2. The third-order valence-electron chi connectivity index (χ3n) is 3.92. The summed E-state index contributed by atoms with van der Waals surface area (Å²) in [5.41, 5.74) is 1.12. The highest BCUT2D eigenvalue weighted by atomic mass is 32.2. The Morgan fingerprint density at radius 3 is 2.92 bits per heavy atom. The number of carbonyl (C=O) groups is 1. The average molecular weight is 372 g/mol. The van der Waals surface area contributed by atoms with Crippen LogP contribution in [0.15, 0.2) is 29.4 Å². The number of hydrogen-bond acceptors (Lipinski definition) is 7. The number of ether oxygens (including phenoxy) is 1. The van der Waals surface area contributed by atoms with E-state index < -0.39 is 0 Å². The van der Waals surface area contributed by atoms with Crippen molar-refractivity contribution in [1.29, 1.82) is 5.26 Å². The second-order valence-corrected chi connectivity index (χ2v) is 6.60. The molecular formula is C17H20N6O2S. The molecule has 8 nitrogen and oxygen atoms in total. The van der Waals surface area contributed by atoms with Crippen molar-refractivity contribution >= 4 is 29.3 Å². The van der Waals surface area contributed by atoms with Crippen LogP contribution in [0.3, 0.4) is 0 Å². The molecule has 0 spiro atoms. The van der Waals surface area contributed by atoms with E-state index in [0.29, 0.717) is 24.5 Å². The first kappa shape index (κ1) is 18.2. The van der Waals surface area contributed by atoms with Crippen LogP contribution in [0.25, 0.3) is 0 Å². The molecule has 1 fully saturated rings. The maximum absolute atomic E-state index is 12.2. The second-order valence-electron chi connectivity index (χ2n) is 5.66. The SMILES string of the molecule is CCn1c(SCC(=O)Nc2cccc(C#N)c2)nnc1N1CCOCC1. The first-order valence-corrected chi connectivity index (χ1v) is 9.38. The number of nitrogens with one attached hydrogen (secondary N) is 1. The van der Waals surface area contributed by atoms with Gasteiger partial charge >= 0.3 is 0 Å². The van der Waals surface area contributed by atoms with Crippen molar-refractivity contribution in [2.24, 2.45) is 0 Å². The lowest BCUT2D eigenvalue weighted by Gasteiger charge is -2.27. The van der Waals surface area contributed by atoms with Crippen molar-refractivity contribution < 1.29 is 9.53 Å². The van der Waals surface area contributed by atoms with Crippen LogP contribution in [-0.4, -0.2) is 52.7 Å². The molecule has 2 aromatic rings. The number of carbonyl (C=O) groups excluding carboxylic acids is 1. The van der Waals surface area contributed by atoms with Gasteiger partial charge in [-0.1, -0.05) is 17.8 Å². The average Bonchev–Trinajstić information content (AvgIpc) is 3.10. The van der Waals surface area contributed by atoms with E-state index in [1.807, 2.05) is 11.5 Å². The number of benzene rings is 1. The van der Waals surface area contributed by atoms with Crippen LogP contribution in [0.1, 0.15) is 12.5 Å². The third-order valence-corrected chi connectivity index (χ3v) is 4.88. The first-order chi connectivity index (χ1) is 12.7. The van der Waals surface area contributed by atoms with Gasteiger partial charge < -0.3 is 15.0 Å². The summed E-state index contributed by atoms with van der Waals surface area (Å²) in [4.78, 5) is 14.3. The van der Waals surface area contributed by atoms with Crippen LogP contribution in [-0.2, 0) is 16.1 Å². The molecule has 1 saturated heterocycles. The van der Waals surface area contributed by atoms with Gasteiger partial charge in [0.05, 0.1) is 30.6 Å². The number of hydrogen-bond donors (Lipinski definition) is 1. The lowest BCUT2D eigenvalue weighted by Crippen LogP contribution is -2.38. The van der Waals surface area contributed by atoms with Gasteiger partial charge in [-0.3, -0.25) is 9.36 Å². The van der Waals surface area contributed by atoms with E-state index in [1.54, 1.807) is 24.3 Å². The fourth-order valence-corrected chi connectivity index (χ4v) is 3.45. The van der Waals surface area contributed by atoms with Crippen LogP contribution >= 0.6 is 11.8 Å². The molecule has 0 atom stereocenters. The van der Waals surface area contributed by atoms with Crippen molar-refractivity contribution in [2.75, 3.05) is 42.3 Å². The second kappa shape index (κ2) is 8.69. The van der Waals surface area contributed by atoms with Crippen molar-refractivity contribution in [1.82, 2.24) is 14.8 Å². The van der Waals surface area contributed by atoms with Gasteiger partial charge in [0.2, 0.25) is 11.9 Å². The molecule has 0 unspecified atom stereocenters. The number of anilines is 2. The molecule has 1 N–H and O–H groups in total. The molecule has 1 aromatic heterocycles. The number of aromatic nitrogens is 3. The summed E-state index contributed by atoms with van der Waals surface area (Å²) in [6.45, 7) is 5.71. The topological polar surface area (TPSA) is 96.1 Å². The van der Waals surface area contributed by atoms with Crippen molar-refractivity contribution in [2.45, 2.75) is 18.6 Å². The van der Waals surface area contributed by atoms with E-state index in [9.17, 15) is 4.79 Å². The number of thioether (sulfide) groups is 1. The van der Waals surface area contributed by atoms with Gasteiger partial charge in [0.15, 0.2) is 5.16 Å². The Balaban J connectivity index is 1.61. The van der Waals surface area contributed by atoms with Crippen LogP contribution in [0.2, 0.25) is 0 Å². The van der Waals surface area contributed by atoms with Gasteiger partial charge in [-0.05, 0) is 25.1 Å². The highest BCUT2D eigenvalue weighted by Crippen LogP contribution is 2.23. The van der Waals surface area contributed by atoms with Crippen LogP contribution in [0, 0.1) is 11.3 Å². The number of amides is 1. The van der Waals surface area contributed by atoms with Crippen molar-refractivity contribution in [3.05, 3.63) is 29.8 Å². The summed E-state index contributed by atoms with van der Waals surface area (Å²) in [6, 6.07) is 8.90. The van der Waals surface area contributed by atoms with Gasteiger partial charge in [-0.25, -0.2) is 0 Å². The molecular weight excluding hydrogens is 352 g/mol. The standard InChI is InChI=1S/C17H20N6O2S/c1-2-23-16(22-6-8-25-9-7-22)20-21-17(23)26-12-15(24)19-14-5-3-4-13(10-14)11-18/h3-5,10H,2,6-9,12H2,1H3,(H,19,24). The minimum Gasteiger partial charge on any atom is -0.378 e. The zero-order chi connectivity index (χ0) is 18.4. The smallest absolute Gasteiger partial charge is 0.234 e. The molecule has 1 aliphatic heterocycles. The van der Waals surface area contributed by atoms with E-state index >= 15 is 0 Å². The summed E-state index contributed by atoms with van der Waals surface area (Å²) in [6.07, 6.45) is 0. The minimum absolute atomic E-state index is 0.149. The summed E-state index contributed by atoms with van der Waals surface area (Å²) in [5.74, 6) is 0.891. The van der Waals surface area contributed by atoms with Gasteiger partial charge in [-0.15, -0.1) is 10.2 Å². The number of morpholine rings is 1. The quantitative estimate of drug-likeness (QED) is 0.772. The van der Waals surface area contributed by atoms with Crippen molar-refractivity contribution in [3.8, 4) is 6.07 Å². The Hall–Kier alpha value is -2.57. The lowest BCUT2D eigenvalue weighted by atomic mass is 10.2. The zero-order valence-electron chi connectivity index (χ0n) is 14.5. The molecule has 26 heavy (non-hydrogen) atoms. The van der Waals surface area contributed by atoms with E-state index in [2.05, 4.69) is 26.5 Å². The fourth-order valence-electron chi connectivity index (χ4n) is 2.66. The summed E-state index contributed by atoms with van der Waals surface area (Å²) in [5, 5.41) is 21.0. The monoisotopic (exact) mass is 372 g/mol. The van der Waals surface area contributed by atoms with Crippen LogP contribution < -0.4 is 10.2 Å². The summed E-state index contributed by atoms with van der Waals surface area (Å²) in [7, 11) is 0. The molecule has 0 bridgehead atoms. The Bertz CT molecular complexity index is 810. The molecule has 2 heterocycles. The lowest BCUT2D eigenvalue weighted by molar-refractivity contribution is -0.113. The first-order valence-electron chi connectivity index (χ1n) is 8.40. The molecule has 1 aromatic carbocycles. The maximum Gasteiger partial charge on any atom is 0.234 e. The molecule has 9 heteroatoms. The minimum atomic E-state index is -0.149. The molecule has 0 radical (unpaired) electrons. The molecule has 3 rings (SSSR count). The van der Waals surface area contributed by atoms with Crippen LogP contribution in [0.4, 0.5) is 11.6 Å². The Labute approximate surface area is 156 Å². The number of nitrogens with zero attached hydrogens (tertiary/aromatic N) is 5. The largest absolute Gasteiger partial charge is 0.378 e. The van der Waals surface area contributed by atoms with Gasteiger partial charge in [0.1, 0.15) is 0 Å². The highest BCUT2D eigenvalue weighted by molar-refractivity contribution is 7.99. The summed E-state index contributed by atoms with van der Waals surface area (Å²) < 4.78 is 7.39. The van der Waals surface area contributed by atoms with Gasteiger partial charge in [0.25, 0.3) is 0 Å². The molecule has 0 aliphatic carbocycles. The number of nitriles is 1. The van der Waals surface area contributed by atoms with Gasteiger partial charge in [-0.2, -0.15) is 5.26 Å². The Morgan fingerprint density at radius 2 is 2.19 bits per heavy atom. The zero-order valence-corrected chi connectivity index (χ0v) is 15.3. The molecule has 136 valence electrons. The molecule has 1 amide bonds. The van der Waals surface area contributed by atoms with Gasteiger partial charge in [0, 0.05) is 25.3 Å². The molecule has 0 saturated carbocycles. The van der Waals surface area contributed by atoms with Crippen molar-refractivity contribution in [3.63, 3.8) is 0 Å². The highest BCUT2D eigenvalue weighted by Gasteiger charge is 2.20. The fraction of sp³-hybridized carbons (Fsp3) is 0.412. The predicted molar refractivity (Wildman–Crippen MR) is 99.2 cm³/mol. The third kappa shape index (κ3) is 4.33. The van der Waals surface area contributed by atoms with E-state index in [0.717, 1.165) is 30.7 Å². The number of rotatable bonds is 6. The molecule has 1 aliphatic rings. The predicted octanol–water partition coefficient (Wildman–Crippen LogP) is 1.74. The van der Waals surface area contributed by atoms with Crippen LogP contribution in [0.5, 0.6) is 0 Å². The normalized spacial score (nSPS) is 14.1. The van der Waals surface area contributed by atoms with E-state index in [-0.39, 0.29) is 11.7 Å².